The molecule has 1 aromatic rings. The molecule has 88 valence electrons. The number of aliphatic carboxylic acids is 1. The van der Waals surface area contributed by atoms with Crippen molar-refractivity contribution >= 4 is 40.8 Å². The van der Waals surface area contributed by atoms with Gasteiger partial charge in [-0.2, -0.15) is 8.78 Å². The van der Waals surface area contributed by atoms with Crippen LogP contribution in [0.3, 0.4) is 0 Å². The number of rotatable bonds is 3. The lowest BCUT2D eigenvalue weighted by Gasteiger charge is -2.13. The van der Waals surface area contributed by atoms with E-state index in [0.29, 0.717) is 0 Å². The molecule has 0 atom stereocenters. The lowest BCUT2D eigenvalue weighted by Crippen LogP contribution is -2.30. The molecule has 16 heavy (non-hydrogen) atoms. The number of carboxylic acids is 1. The molecule has 1 aromatic carbocycles. The van der Waals surface area contributed by atoms with Crippen LogP contribution in [-0.4, -0.2) is 17.0 Å². The Labute approximate surface area is 105 Å². The quantitative estimate of drug-likeness (QED) is 0.916. The van der Waals surface area contributed by atoms with E-state index in [0.717, 1.165) is 0 Å². The topological polar surface area (TPSA) is 37.3 Å². The lowest BCUT2D eigenvalue weighted by atomic mass is 10.1. The Morgan fingerprint density at radius 3 is 2.06 bits per heavy atom. The van der Waals surface area contributed by atoms with Crippen molar-refractivity contribution in [1.82, 2.24) is 0 Å². The molecule has 0 heterocycles. The van der Waals surface area contributed by atoms with Crippen LogP contribution in [0.5, 0.6) is 0 Å². The van der Waals surface area contributed by atoms with Crippen LogP contribution in [0, 0.1) is 0 Å². The summed E-state index contributed by atoms with van der Waals surface area (Å²) in [5.74, 6) is -6.14. The zero-order chi connectivity index (χ0) is 12.5. The molecule has 0 aliphatic rings. The van der Waals surface area contributed by atoms with E-state index in [9.17, 15) is 13.6 Å². The first kappa shape index (κ1) is 13.5. The zero-order valence-corrected chi connectivity index (χ0v) is 9.87. The van der Waals surface area contributed by atoms with Crippen LogP contribution in [0.1, 0.15) is 5.56 Å². The molecule has 0 unspecified atom stereocenters. The van der Waals surface area contributed by atoms with Gasteiger partial charge in [-0.1, -0.05) is 34.8 Å². The molecule has 7 heteroatoms. The summed E-state index contributed by atoms with van der Waals surface area (Å²) in [6.07, 6.45) is -1.07. The zero-order valence-electron chi connectivity index (χ0n) is 7.61. The third-order valence-electron chi connectivity index (χ3n) is 1.82. The van der Waals surface area contributed by atoms with Gasteiger partial charge in [0.15, 0.2) is 0 Å². The van der Waals surface area contributed by atoms with Gasteiger partial charge in [-0.15, -0.1) is 0 Å². The molecule has 0 saturated carbocycles. The van der Waals surface area contributed by atoms with E-state index in [1.165, 1.54) is 12.1 Å². The van der Waals surface area contributed by atoms with Crippen molar-refractivity contribution in [1.29, 1.82) is 0 Å². The molecule has 0 spiro atoms. The molecule has 0 saturated heterocycles. The van der Waals surface area contributed by atoms with Crippen molar-refractivity contribution in [3.63, 3.8) is 0 Å². The number of carbonyl (C=O) groups is 1. The largest absolute Gasteiger partial charge is 0.477 e. The molecular formula is C9H5Cl3F2O2. The smallest absolute Gasteiger partial charge is 0.374 e. The molecule has 0 aliphatic carbocycles. The Hall–Kier alpha value is -0.580. The second kappa shape index (κ2) is 4.73. The van der Waals surface area contributed by atoms with Gasteiger partial charge in [0.1, 0.15) is 0 Å². The molecule has 0 aromatic heterocycles. The third-order valence-corrected chi connectivity index (χ3v) is 2.71. The first-order valence-corrected chi connectivity index (χ1v) is 5.12. The maximum absolute atomic E-state index is 12.9. The fourth-order valence-electron chi connectivity index (χ4n) is 1.04. The number of hydrogen-bond donors (Lipinski definition) is 1. The van der Waals surface area contributed by atoms with E-state index in [-0.39, 0.29) is 20.6 Å². The normalized spacial score (nSPS) is 11.6. The van der Waals surface area contributed by atoms with Gasteiger partial charge in [0, 0.05) is 15.1 Å². The predicted molar refractivity (Wildman–Crippen MR) is 57.8 cm³/mol. The van der Waals surface area contributed by atoms with Gasteiger partial charge in [-0.25, -0.2) is 4.79 Å². The highest BCUT2D eigenvalue weighted by atomic mass is 35.5. The average Bonchev–Trinajstić information content (AvgIpc) is 2.11. The maximum Gasteiger partial charge on any atom is 0.374 e. The molecule has 1 N–H and O–H groups in total. The molecule has 0 aliphatic heterocycles. The highest BCUT2D eigenvalue weighted by Crippen LogP contribution is 2.33. The minimum absolute atomic E-state index is 0.0848. The van der Waals surface area contributed by atoms with Crippen LogP contribution < -0.4 is 0 Å². The van der Waals surface area contributed by atoms with Gasteiger partial charge in [-0.3, -0.25) is 0 Å². The van der Waals surface area contributed by atoms with Gasteiger partial charge in [0.05, 0.1) is 6.42 Å². The van der Waals surface area contributed by atoms with Crippen LogP contribution in [0.4, 0.5) is 8.78 Å². The predicted octanol–water partition coefficient (Wildman–Crippen LogP) is 3.91. The molecule has 2 nitrogen and oxygen atoms in total. The number of benzene rings is 1. The molecule has 0 bridgehead atoms. The summed E-state index contributed by atoms with van der Waals surface area (Å²) in [5.41, 5.74) is -0.139. The SMILES string of the molecule is O=C(O)C(F)(F)Cc1c(Cl)cc(Cl)cc1Cl. The number of alkyl halides is 2. The Morgan fingerprint density at radius 2 is 1.69 bits per heavy atom. The fraction of sp³-hybridized carbons (Fsp3) is 0.222. The van der Waals surface area contributed by atoms with Gasteiger partial charge >= 0.3 is 11.9 Å². The van der Waals surface area contributed by atoms with Crippen LogP contribution in [0.25, 0.3) is 0 Å². The summed E-state index contributed by atoms with van der Waals surface area (Å²) in [6, 6.07) is 2.45. The van der Waals surface area contributed by atoms with Crippen molar-refractivity contribution in [2.75, 3.05) is 0 Å². The first-order valence-electron chi connectivity index (χ1n) is 3.98. The minimum Gasteiger partial charge on any atom is -0.477 e. The van der Waals surface area contributed by atoms with Crippen molar-refractivity contribution < 1.29 is 18.7 Å². The van der Waals surface area contributed by atoms with E-state index >= 15 is 0 Å². The second-order valence-corrected chi connectivity index (χ2v) is 4.29. The van der Waals surface area contributed by atoms with Crippen LogP contribution >= 0.6 is 34.8 Å². The van der Waals surface area contributed by atoms with Crippen molar-refractivity contribution in [3.05, 3.63) is 32.8 Å². The first-order chi connectivity index (χ1) is 7.24. The van der Waals surface area contributed by atoms with Crippen LogP contribution in [-0.2, 0) is 11.2 Å². The number of carboxylic acid groups (broad SMARTS) is 1. The monoisotopic (exact) mass is 288 g/mol. The third kappa shape index (κ3) is 2.97. The standard InChI is InChI=1S/C9H5Cl3F2O2/c10-4-1-6(11)5(7(12)2-4)3-9(13,14)8(15)16/h1-2H,3H2,(H,15,16). The minimum atomic E-state index is -3.92. The molecule has 0 radical (unpaired) electrons. The van der Waals surface area contributed by atoms with Crippen LogP contribution in [0.2, 0.25) is 15.1 Å². The Morgan fingerprint density at radius 1 is 1.25 bits per heavy atom. The van der Waals surface area contributed by atoms with Gasteiger partial charge in [0.25, 0.3) is 0 Å². The summed E-state index contributed by atoms with van der Waals surface area (Å²) in [4.78, 5) is 10.3. The maximum atomic E-state index is 12.9. The van der Waals surface area contributed by atoms with E-state index < -0.39 is 18.3 Å². The lowest BCUT2D eigenvalue weighted by molar-refractivity contribution is -0.164. The fourth-order valence-corrected chi connectivity index (χ4v) is 1.99. The van der Waals surface area contributed by atoms with Crippen molar-refractivity contribution in [2.24, 2.45) is 0 Å². The Balaban J connectivity index is 3.11. The molecule has 0 amide bonds. The summed E-state index contributed by atoms with van der Waals surface area (Å²) < 4.78 is 25.9. The van der Waals surface area contributed by atoms with Gasteiger partial charge in [0.2, 0.25) is 0 Å². The van der Waals surface area contributed by atoms with Gasteiger partial charge < -0.3 is 5.11 Å². The Bertz CT molecular complexity index is 412. The van der Waals surface area contributed by atoms with E-state index in [1.54, 1.807) is 0 Å². The Kier molecular flexibility index (Phi) is 3.99. The van der Waals surface area contributed by atoms with Crippen LogP contribution in [0.15, 0.2) is 12.1 Å². The average molecular weight is 289 g/mol. The molecule has 0 fully saturated rings. The summed E-state index contributed by atoms with van der Waals surface area (Å²) >= 11 is 16.9. The highest BCUT2D eigenvalue weighted by molar-refractivity contribution is 6.39. The van der Waals surface area contributed by atoms with Gasteiger partial charge in [-0.05, 0) is 17.7 Å². The van der Waals surface area contributed by atoms with E-state index in [2.05, 4.69) is 0 Å². The summed E-state index contributed by atoms with van der Waals surface area (Å²) in [5, 5.41) is 8.30. The van der Waals surface area contributed by atoms with E-state index in [4.69, 9.17) is 39.9 Å². The van der Waals surface area contributed by atoms with Crippen molar-refractivity contribution in [2.45, 2.75) is 12.3 Å². The second-order valence-electron chi connectivity index (χ2n) is 3.03. The molecule has 1 rings (SSSR count). The highest BCUT2D eigenvalue weighted by Gasteiger charge is 2.40. The molecular weight excluding hydrogens is 284 g/mol. The number of hydrogen-bond acceptors (Lipinski definition) is 1. The van der Waals surface area contributed by atoms with E-state index in [1.807, 2.05) is 0 Å². The summed E-state index contributed by atoms with van der Waals surface area (Å²) in [7, 11) is 0. The summed E-state index contributed by atoms with van der Waals surface area (Å²) in [6.45, 7) is 0. The number of halogens is 5. The van der Waals surface area contributed by atoms with Crippen molar-refractivity contribution in [3.8, 4) is 0 Å².